The van der Waals surface area contributed by atoms with Crippen molar-refractivity contribution in [2.24, 2.45) is 5.92 Å². The van der Waals surface area contributed by atoms with Gasteiger partial charge in [0.2, 0.25) is 0 Å². The van der Waals surface area contributed by atoms with Crippen molar-refractivity contribution in [2.75, 3.05) is 0 Å². The molecule has 0 aliphatic carbocycles. The minimum absolute atomic E-state index is 0.385. The van der Waals surface area contributed by atoms with Gasteiger partial charge in [-0.15, -0.1) is 0 Å². The summed E-state index contributed by atoms with van der Waals surface area (Å²) in [6, 6.07) is 0. The molecule has 0 aliphatic rings. The molecular weight excluding hydrogens is 208 g/mol. The summed E-state index contributed by atoms with van der Waals surface area (Å²) >= 11 is 0. The molecule has 0 aromatic heterocycles. The van der Waals surface area contributed by atoms with Crippen LogP contribution in [-0.2, 0) is 4.74 Å². The summed E-state index contributed by atoms with van der Waals surface area (Å²) in [5.41, 5.74) is 1.20. The van der Waals surface area contributed by atoms with E-state index in [1.165, 1.54) is 5.57 Å². The normalized spacial score (nSPS) is 12.8. The Bertz CT molecular complexity index is 323. The van der Waals surface area contributed by atoms with Crippen LogP contribution in [0.3, 0.4) is 0 Å². The largest absolute Gasteiger partial charge is 0.462 e. The topological polar surface area (TPSA) is 9.23 Å². The molecule has 0 saturated carbocycles. The quantitative estimate of drug-likeness (QED) is 0.443. The van der Waals surface area contributed by atoms with Gasteiger partial charge in [0.05, 0.1) is 0 Å². The molecule has 0 amide bonds. The lowest BCUT2D eigenvalue weighted by Gasteiger charge is -2.15. The average molecular weight is 234 g/mol. The summed E-state index contributed by atoms with van der Waals surface area (Å²) in [6.45, 7) is 12.6. The standard InChI is InChI=1S/C16H26O/c1-7-9-11-15(13(3)4)17-16(14(5)6)12-10-8-2/h7,9-13H,8H2,1-6H3/b9-7-,12-10-,15-11+. The number of ether oxygens (including phenoxy) is 1. The average Bonchev–Trinajstić information content (AvgIpc) is 2.27. The van der Waals surface area contributed by atoms with Gasteiger partial charge in [-0.1, -0.05) is 39.0 Å². The van der Waals surface area contributed by atoms with Crippen LogP contribution in [0, 0.1) is 5.92 Å². The molecule has 0 atom stereocenters. The molecule has 0 aliphatic heterocycles. The van der Waals surface area contributed by atoms with Crippen LogP contribution >= 0.6 is 0 Å². The molecule has 0 unspecified atom stereocenters. The summed E-state index contributed by atoms with van der Waals surface area (Å²) in [5, 5.41) is 0. The Morgan fingerprint density at radius 3 is 2.29 bits per heavy atom. The first kappa shape index (κ1) is 15.8. The summed E-state index contributed by atoms with van der Waals surface area (Å²) < 4.78 is 5.98. The fourth-order valence-electron chi connectivity index (χ4n) is 1.19. The van der Waals surface area contributed by atoms with Crippen molar-refractivity contribution >= 4 is 0 Å². The first-order valence-electron chi connectivity index (χ1n) is 6.37. The maximum Gasteiger partial charge on any atom is 0.125 e. The van der Waals surface area contributed by atoms with Crippen LogP contribution < -0.4 is 0 Å². The third kappa shape index (κ3) is 6.83. The van der Waals surface area contributed by atoms with Crippen LogP contribution in [0.1, 0.15) is 48.0 Å². The molecule has 0 aromatic carbocycles. The van der Waals surface area contributed by atoms with E-state index in [-0.39, 0.29) is 0 Å². The van der Waals surface area contributed by atoms with Crippen molar-refractivity contribution in [3.8, 4) is 0 Å². The molecule has 1 nitrogen and oxygen atoms in total. The van der Waals surface area contributed by atoms with Crippen molar-refractivity contribution < 1.29 is 4.74 Å². The van der Waals surface area contributed by atoms with E-state index in [0.29, 0.717) is 5.92 Å². The molecule has 0 heterocycles. The Morgan fingerprint density at radius 2 is 1.88 bits per heavy atom. The van der Waals surface area contributed by atoms with E-state index < -0.39 is 0 Å². The van der Waals surface area contributed by atoms with E-state index >= 15 is 0 Å². The van der Waals surface area contributed by atoms with Crippen LogP contribution in [0.2, 0.25) is 0 Å². The Hall–Kier alpha value is -1.24. The SMILES string of the molecule is C/C=C\C=C(\OC(/C=C\CC)=C(C)C)C(C)C. The second-order valence-corrected chi connectivity index (χ2v) is 4.53. The van der Waals surface area contributed by atoms with Crippen LogP contribution in [0.4, 0.5) is 0 Å². The zero-order valence-corrected chi connectivity index (χ0v) is 12.1. The van der Waals surface area contributed by atoms with Gasteiger partial charge in [0.25, 0.3) is 0 Å². The first-order chi connectivity index (χ1) is 8.02. The predicted octanol–water partition coefficient (Wildman–Crippen LogP) is 5.38. The third-order valence-electron chi connectivity index (χ3n) is 2.25. The molecule has 0 fully saturated rings. The lowest BCUT2D eigenvalue weighted by atomic mass is 10.1. The van der Waals surface area contributed by atoms with Crippen LogP contribution in [0.5, 0.6) is 0 Å². The number of rotatable bonds is 6. The zero-order chi connectivity index (χ0) is 13.3. The lowest BCUT2D eigenvalue weighted by molar-refractivity contribution is 0.275. The fraction of sp³-hybridized carbons (Fsp3) is 0.500. The van der Waals surface area contributed by atoms with E-state index in [4.69, 9.17) is 4.74 Å². The Labute approximate surface area is 107 Å². The monoisotopic (exact) mass is 234 g/mol. The van der Waals surface area contributed by atoms with Gasteiger partial charge in [-0.05, 0) is 44.9 Å². The van der Waals surface area contributed by atoms with Gasteiger partial charge in [-0.3, -0.25) is 0 Å². The summed E-state index contributed by atoms with van der Waals surface area (Å²) in [6.07, 6.45) is 11.3. The molecular formula is C16H26O. The highest BCUT2D eigenvalue weighted by atomic mass is 16.5. The summed E-state index contributed by atoms with van der Waals surface area (Å²) in [5.74, 6) is 2.34. The highest BCUT2D eigenvalue weighted by molar-refractivity contribution is 5.21. The van der Waals surface area contributed by atoms with Gasteiger partial charge in [-0.2, -0.15) is 0 Å². The van der Waals surface area contributed by atoms with E-state index in [9.17, 15) is 0 Å². The van der Waals surface area contributed by atoms with E-state index in [1.54, 1.807) is 0 Å². The van der Waals surface area contributed by atoms with Gasteiger partial charge in [0, 0.05) is 5.92 Å². The maximum absolute atomic E-state index is 5.98. The maximum atomic E-state index is 5.98. The lowest BCUT2D eigenvalue weighted by Crippen LogP contribution is -2.00. The van der Waals surface area contributed by atoms with Crippen molar-refractivity contribution in [3.63, 3.8) is 0 Å². The summed E-state index contributed by atoms with van der Waals surface area (Å²) in [7, 11) is 0. The van der Waals surface area contributed by atoms with Gasteiger partial charge < -0.3 is 4.74 Å². The van der Waals surface area contributed by atoms with Crippen LogP contribution in [0.25, 0.3) is 0 Å². The van der Waals surface area contributed by atoms with Crippen molar-refractivity contribution in [1.29, 1.82) is 0 Å². The second-order valence-electron chi connectivity index (χ2n) is 4.53. The van der Waals surface area contributed by atoms with Gasteiger partial charge >= 0.3 is 0 Å². The fourth-order valence-corrected chi connectivity index (χ4v) is 1.19. The molecule has 0 rings (SSSR count). The molecule has 0 aromatic rings. The Morgan fingerprint density at radius 1 is 1.24 bits per heavy atom. The molecule has 0 bridgehead atoms. The van der Waals surface area contributed by atoms with Crippen LogP contribution in [-0.4, -0.2) is 0 Å². The number of hydrogen-bond donors (Lipinski definition) is 0. The highest BCUT2D eigenvalue weighted by Gasteiger charge is 2.06. The second kappa shape index (κ2) is 8.86. The molecule has 17 heavy (non-hydrogen) atoms. The smallest absolute Gasteiger partial charge is 0.125 e. The molecule has 96 valence electrons. The molecule has 0 N–H and O–H groups in total. The minimum Gasteiger partial charge on any atom is -0.462 e. The third-order valence-corrected chi connectivity index (χ3v) is 2.25. The molecule has 1 heteroatoms. The molecule has 0 saturated heterocycles. The zero-order valence-electron chi connectivity index (χ0n) is 12.1. The van der Waals surface area contributed by atoms with Crippen molar-refractivity contribution in [3.05, 3.63) is 47.5 Å². The van der Waals surface area contributed by atoms with Gasteiger partial charge in [0.15, 0.2) is 0 Å². The number of hydrogen-bond acceptors (Lipinski definition) is 1. The Kier molecular flexibility index (Phi) is 8.21. The molecule has 0 spiro atoms. The van der Waals surface area contributed by atoms with Gasteiger partial charge in [-0.25, -0.2) is 0 Å². The van der Waals surface area contributed by atoms with Crippen molar-refractivity contribution in [2.45, 2.75) is 48.0 Å². The van der Waals surface area contributed by atoms with Crippen molar-refractivity contribution in [1.82, 2.24) is 0 Å². The first-order valence-corrected chi connectivity index (χ1v) is 6.37. The van der Waals surface area contributed by atoms with E-state index in [1.807, 2.05) is 25.2 Å². The highest BCUT2D eigenvalue weighted by Crippen LogP contribution is 2.19. The Balaban J connectivity index is 4.95. The predicted molar refractivity (Wildman–Crippen MR) is 76.6 cm³/mol. The molecule has 0 radical (unpaired) electrons. The van der Waals surface area contributed by atoms with Crippen LogP contribution in [0.15, 0.2) is 47.5 Å². The summed E-state index contributed by atoms with van der Waals surface area (Å²) in [4.78, 5) is 0. The van der Waals surface area contributed by atoms with Gasteiger partial charge in [0.1, 0.15) is 11.5 Å². The number of allylic oxidation sites excluding steroid dienone is 7. The van der Waals surface area contributed by atoms with E-state index in [2.05, 4.69) is 46.8 Å². The minimum atomic E-state index is 0.385. The van der Waals surface area contributed by atoms with E-state index in [0.717, 1.165) is 17.9 Å².